The van der Waals surface area contributed by atoms with Crippen molar-refractivity contribution >= 4 is 33.0 Å². The molecule has 0 aliphatic carbocycles. The van der Waals surface area contributed by atoms with Crippen LogP contribution in [-0.4, -0.2) is 20.9 Å². The maximum atomic E-state index is 12.0. The number of hydrogen-bond donors (Lipinski definition) is 2. The van der Waals surface area contributed by atoms with Crippen LogP contribution in [0, 0.1) is 6.92 Å². The Kier molecular flexibility index (Phi) is 5.12. The molecule has 0 atom stereocenters. The molecule has 0 aliphatic rings. The topological polar surface area (TPSA) is 75.3 Å². The van der Waals surface area contributed by atoms with E-state index in [2.05, 4.69) is 16.6 Å². The molecule has 0 spiro atoms. The van der Waals surface area contributed by atoms with Gasteiger partial charge >= 0.3 is 0 Å². The van der Waals surface area contributed by atoms with Crippen LogP contribution in [0.25, 0.3) is 0 Å². The normalized spacial score (nSPS) is 11.1. The van der Waals surface area contributed by atoms with Crippen molar-refractivity contribution in [3.8, 4) is 0 Å². The van der Waals surface area contributed by atoms with E-state index in [9.17, 15) is 13.2 Å². The van der Waals surface area contributed by atoms with Gasteiger partial charge in [0, 0.05) is 22.5 Å². The molecule has 116 valence electrons. The summed E-state index contributed by atoms with van der Waals surface area (Å²) < 4.78 is 26.2. The second kappa shape index (κ2) is 6.87. The lowest BCUT2D eigenvalue weighted by Gasteiger charge is -2.07. The third-order valence-electron chi connectivity index (χ3n) is 2.83. The van der Waals surface area contributed by atoms with Gasteiger partial charge in [-0.1, -0.05) is 6.08 Å². The summed E-state index contributed by atoms with van der Waals surface area (Å²) >= 11 is 1.50. The molecule has 0 saturated heterocycles. The van der Waals surface area contributed by atoms with Gasteiger partial charge in [-0.25, -0.2) is 13.1 Å². The van der Waals surface area contributed by atoms with Crippen LogP contribution in [0.4, 0.5) is 5.69 Å². The Morgan fingerprint density at radius 3 is 2.55 bits per heavy atom. The minimum atomic E-state index is -3.55. The second-order valence-electron chi connectivity index (χ2n) is 4.57. The zero-order valence-electron chi connectivity index (χ0n) is 12.0. The lowest BCUT2D eigenvalue weighted by atomic mass is 10.2. The van der Waals surface area contributed by atoms with Crippen LogP contribution >= 0.6 is 11.3 Å². The van der Waals surface area contributed by atoms with Crippen molar-refractivity contribution < 1.29 is 13.2 Å². The summed E-state index contributed by atoms with van der Waals surface area (Å²) in [4.78, 5) is 13.2. The Balaban J connectivity index is 2.09. The monoisotopic (exact) mass is 336 g/mol. The van der Waals surface area contributed by atoms with Crippen LogP contribution in [0.3, 0.4) is 0 Å². The molecule has 2 aromatic rings. The molecule has 0 bridgehead atoms. The third kappa shape index (κ3) is 4.03. The van der Waals surface area contributed by atoms with Gasteiger partial charge in [-0.2, -0.15) is 0 Å². The van der Waals surface area contributed by atoms with Crippen LogP contribution in [0.2, 0.25) is 0 Å². The number of anilines is 1. The maximum Gasteiger partial charge on any atom is 0.256 e. The van der Waals surface area contributed by atoms with E-state index in [1.165, 1.54) is 29.5 Å². The summed E-state index contributed by atoms with van der Waals surface area (Å²) in [5.74, 6) is -0.218. The highest BCUT2D eigenvalue weighted by Crippen LogP contribution is 2.17. The lowest BCUT2D eigenvalue weighted by Crippen LogP contribution is -2.23. The standard InChI is InChI=1S/C15H16N2O3S2/c1-3-8-16-22(19,20)14-6-4-13(5-7-14)17-15(18)12-9-11(2)21-10-12/h3-7,9-10,16H,1,8H2,2H3,(H,17,18). The highest BCUT2D eigenvalue weighted by molar-refractivity contribution is 7.89. The predicted octanol–water partition coefficient (Wildman–Crippen LogP) is 2.77. The van der Waals surface area contributed by atoms with E-state index in [4.69, 9.17) is 0 Å². The highest BCUT2D eigenvalue weighted by atomic mass is 32.2. The molecule has 0 radical (unpaired) electrons. The molecule has 1 aromatic carbocycles. The van der Waals surface area contributed by atoms with Gasteiger partial charge < -0.3 is 5.32 Å². The Hall–Kier alpha value is -1.96. The van der Waals surface area contributed by atoms with Gasteiger partial charge in [0.2, 0.25) is 10.0 Å². The molecule has 2 N–H and O–H groups in total. The van der Waals surface area contributed by atoms with Gasteiger partial charge in [-0.3, -0.25) is 4.79 Å². The molecule has 2 rings (SSSR count). The number of carbonyl (C=O) groups is 1. The van der Waals surface area contributed by atoms with E-state index < -0.39 is 10.0 Å². The van der Waals surface area contributed by atoms with Crippen LogP contribution < -0.4 is 10.0 Å². The van der Waals surface area contributed by atoms with E-state index in [0.29, 0.717) is 11.3 Å². The van der Waals surface area contributed by atoms with Crippen molar-refractivity contribution in [1.82, 2.24) is 4.72 Å². The number of thiophene rings is 1. The average molecular weight is 336 g/mol. The number of amides is 1. The van der Waals surface area contributed by atoms with Crippen molar-refractivity contribution in [1.29, 1.82) is 0 Å². The van der Waals surface area contributed by atoms with Crippen LogP contribution in [0.15, 0.2) is 53.3 Å². The first-order valence-electron chi connectivity index (χ1n) is 6.49. The molecule has 22 heavy (non-hydrogen) atoms. The predicted molar refractivity (Wildman–Crippen MR) is 88.8 cm³/mol. The SMILES string of the molecule is C=CCNS(=O)(=O)c1ccc(NC(=O)c2csc(C)c2)cc1. The van der Waals surface area contributed by atoms with Crippen molar-refractivity contribution in [3.05, 3.63) is 58.8 Å². The molecule has 1 heterocycles. The van der Waals surface area contributed by atoms with Gasteiger partial charge in [-0.15, -0.1) is 17.9 Å². The number of hydrogen-bond acceptors (Lipinski definition) is 4. The van der Waals surface area contributed by atoms with Crippen LogP contribution in [0.1, 0.15) is 15.2 Å². The molecule has 0 unspecified atom stereocenters. The maximum absolute atomic E-state index is 12.0. The first kappa shape index (κ1) is 16.4. The Labute approximate surface area is 133 Å². The highest BCUT2D eigenvalue weighted by Gasteiger charge is 2.13. The van der Waals surface area contributed by atoms with Gasteiger partial charge in [0.05, 0.1) is 10.5 Å². The molecule has 1 aromatic heterocycles. The minimum absolute atomic E-state index is 0.138. The third-order valence-corrected chi connectivity index (χ3v) is 5.13. The molecular formula is C15H16N2O3S2. The smallest absolute Gasteiger partial charge is 0.256 e. The zero-order valence-corrected chi connectivity index (χ0v) is 13.6. The first-order valence-corrected chi connectivity index (χ1v) is 8.86. The van der Waals surface area contributed by atoms with Crippen molar-refractivity contribution in [3.63, 3.8) is 0 Å². The molecule has 1 amide bonds. The van der Waals surface area contributed by atoms with Crippen molar-refractivity contribution in [2.75, 3.05) is 11.9 Å². The van der Waals surface area contributed by atoms with Gasteiger partial charge in [0.25, 0.3) is 5.91 Å². The minimum Gasteiger partial charge on any atom is -0.322 e. The molecule has 7 heteroatoms. The van der Waals surface area contributed by atoms with E-state index in [1.54, 1.807) is 23.6 Å². The van der Waals surface area contributed by atoms with E-state index >= 15 is 0 Å². The average Bonchev–Trinajstić information content (AvgIpc) is 2.92. The van der Waals surface area contributed by atoms with Gasteiger partial charge in [-0.05, 0) is 37.3 Å². The summed E-state index contributed by atoms with van der Waals surface area (Å²) in [6, 6.07) is 7.80. The van der Waals surface area contributed by atoms with Crippen molar-refractivity contribution in [2.45, 2.75) is 11.8 Å². The van der Waals surface area contributed by atoms with Gasteiger partial charge in [0.1, 0.15) is 0 Å². The molecule has 5 nitrogen and oxygen atoms in total. The molecule has 0 aliphatic heterocycles. The number of aryl methyl sites for hydroxylation is 1. The fourth-order valence-electron chi connectivity index (χ4n) is 1.74. The number of carbonyl (C=O) groups excluding carboxylic acids is 1. The fourth-order valence-corrected chi connectivity index (χ4v) is 3.42. The quantitative estimate of drug-likeness (QED) is 0.797. The number of sulfonamides is 1. The zero-order chi connectivity index (χ0) is 16.2. The molecule has 0 fully saturated rings. The number of rotatable bonds is 6. The number of nitrogens with one attached hydrogen (secondary N) is 2. The summed E-state index contributed by atoms with van der Waals surface area (Å²) in [5, 5.41) is 4.51. The lowest BCUT2D eigenvalue weighted by molar-refractivity contribution is 0.102. The van der Waals surface area contributed by atoms with E-state index in [0.717, 1.165) is 4.88 Å². The Morgan fingerprint density at radius 1 is 1.32 bits per heavy atom. The van der Waals surface area contributed by atoms with Gasteiger partial charge in [0.15, 0.2) is 0 Å². The van der Waals surface area contributed by atoms with Crippen LogP contribution in [-0.2, 0) is 10.0 Å². The Bertz CT molecular complexity index is 777. The summed E-state index contributed by atoms with van der Waals surface area (Å²) in [6.07, 6.45) is 1.47. The fraction of sp³-hybridized carbons (Fsp3) is 0.133. The number of benzene rings is 1. The second-order valence-corrected chi connectivity index (χ2v) is 7.45. The largest absolute Gasteiger partial charge is 0.322 e. The Morgan fingerprint density at radius 2 is 2.00 bits per heavy atom. The first-order chi connectivity index (χ1) is 10.4. The van der Waals surface area contributed by atoms with E-state index in [1.807, 2.05) is 6.92 Å². The van der Waals surface area contributed by atoms with Crippen LogP contribution in [0.5, 0.6) is 0 Å². The summed E-state index contributed by atoms with van der Waals surface area (Å²) in [7, 11) is -3.55. The summed E-state index contributed by atoms with van der Waals surface area (Å²) in [6.45, 7) is 5.55. The molecule has 0 saturated carbocycles. The van der Waals surface area contributed by atoms with E-state index in [-0.39, 0.29) is 17.3 Å². The summed E-state index contributed by atoms with van der Waals surface area (Å²) in [5.41, 5.74) is 1.13. The van der Waals surface area contributed by atoms with Crippen molar-refractivity contribution in [2.24, 2.45) is 0 Å². The molecular weight excluding hydrogens is 320 g/mol.